The van der Waals surface area contributed by atoms with E-state index in [9.17, 15) is 0 Å². The maximum Gasteiger partial charge on any atom is 0.324 e. The van der Waals surface area contributed by atoms with Crippen molar-refractivity contribution in [1.29, 1.82) is 0 Å². The summed E-state index contributed by atoms with van der Waals surface area (Å²) < 4.78 is 23.3. The van der Waals surface area contributed by atoms with Gasteiger partial charge in [-0.25, -0.2) is 0 Å². The summed E-state index contributed by atoms with van der Waals surface area (Å²) in [6, 6.07) is 7.64. The van der Waals surface area contributed by atoms with Gasteiger partial charge in [-0.2, -0.15) is 0 Å². The fourth-order valence-electron chi connectivity index (χ4n) is 1.86. The molecule has 0 aromatic heterocycles. The lowest BCUT2D eigenvalue weighted by Gasteiger charge is -2.30. The molecule has 0 radical (unpaired) electrons. The Morgan fingerprint density at radius 3 is 1.95 bits per heavy atom. The van der Waals surface area contributed by atoms with Gasteiger partial charge in [0.05, 0.1) is 19.8 Å². The number of ether oxygens (including phenoxy) is 4. The van der Waals surface area contributed by atoms with Crippen LogP contribution < -0.4 is 9.47 Å². The Balaban J connectivity index is 2.78. The maximum absolute atomic E-state index is 6.00. The van der Waals surface area contributed by atoms with Crippen molar-refractivity contribution in [2.24, 2.45) is 0 Å². The van der Waals surface area contributed by atoms with Gasteiger partial charge in [-0.3, -0.25) is 0 Å². The summed E-state index contributed by atoms with van der Waals surface area (Å²) in [5.41, 5.74) is 0. The lowest BCUT2D eigenvalue weighted by atomic mass is 10.3. The molecule has 0 bridgehead atoms. The maximum atomic E-state index is 6.00. The first-order valence-electron chi connectivity index (χ1n) is 8.34. The zero-order valence-corrected chi connectivity index (χ0v) is 14.4. The summed E-state index contributed by atoms with van der Waals surface area (Å²) in [6.45, 7) is 9.91. The summed E-state index contributed by atoms with van der Waals surface area (Å²) in [7, 11) is 0. The highest BCUT2D eigenvalue weighted by Crippen LogP contribution is 2.31. The van der Waals surface area contributed by atoms with Crippen LogP contribution in [0.15, 0.2) is 24.3 Å². The highest BCUT2D eigenvalue weighted by Gasteiger charge is 2.29. The SMILES string of the molecule is CCCCOc1ccccc1OC(C)(OCCC)OCCC. The minimum absolute atomic E-state index is 0.582. The largest absolute Gasteiger partial charge is 0.490 e. The van der Waals surface area contributed by atoms with E-state index in [1.807, 2.05) is 24.3 Å². The molecule has 0 fully saturated rings. The highest BCUT2D eigenvalue weighted by atomic mass is 16.9. The number of unbranched alkanes of at least 4 members (excludes halogenated alkanes) is 1. The third-order valence-electron chi connectivity index (χ3n) is 3.04. The van der Waals surface area contributed by atoms with Crippen molar-refractivity contribution < 1.29 is 18.9 Å². The Morgan fingerprint density at radius 1 is 0.818 bits per heavy atom. The summed E-state index contributed by atoms with van der Waals surface area (Å²) in [4.78, 5) is 0. The van der Waals surface area contributed by atoms with E-state index in [4.69, 9.17) is 18.9 Å². The molecule has 0 spiro atoms. The fourth-order valence-corrected chi connectivity index (χ4v) is 1.86. The summed E-state index contributed by atoms with van der Waals surface area (Å²) in [5, 5.41) is 0. The molecule has 1 aromatic rings. The average molecular weight is 310 g/mol. The molecule has 0 heterocycles. The zero-order valence-electron chi connectivity index (χ0n) is 14.4. The first-order chi connectivity index (χ1) is 10.6. The van der Waals surface area contributed by atoms with E-state index in [1.165, 1.54) is 0 Å². The smallest absolute Gasteiger partial charge is 0.324 e. The van der Waals surface area contributed by atoms with E-state index in [0.29, 0.717) is 25.6 Å². The number of hydrogen-bond donors (Lipinski definition) is 0. The van der Waals surface area contributed by atoms with Crippen LogP contribution in [-0.2, 0) is 9.47 Å². The van der Waals surface area contributed by atoms with Crippen molar-refractivity contribution in [1.82, 2.24) is 0 Å². The van der Waals surface area contributed by atoms with Crippen LogP contribution in [0.3, 0.4) is 0 Å². The van der Waals surface area contributed by atoms with Crippen LogP contribution >= 0.6 is 0 Å². The Kier molecular flexibility index (Phi) is 8.94. The minimum Gasteiger partial charge on any atom is -0.490 e. The van der Waals surface area contributed by atoms with Crippen LogP contribution in [-0.4, -0.2) is 25.8 Å². The monoisotopic (exact) mass is 310 g/mol. The highest BCUT2D eigenvalue weighted by molar-refractivity contribution is 5.39. The molecule has 0 unspecified atom stereocenters. The van der Waals surface area contributed by atoms with Crippen LogP contribution in [0, 0.1) is 0 Å². The van der Waals surface area contributed by atoms with Gasteiger partial charge in [0.15, 0.2) is 11.5 Å². The van der Waals surface area contributed by atoms with Gasteiger partial charge in [0.25, 0.3) is 0 Å². The van der Waals surface area contributed by atoms with Crippen molar-refractivity contribution in [2.75, 3.05) is 19.8 Å². The molecular formula is C18H30O4. The Labute approximate surface area is 134 Å². The molecule has 4 nitrogen and oxygen atoms in total. The Hall–Kier alpha value is -1.26. The first kappa shape index (κ1) is 18.8. The molecule has 126 valence electrons. The standard InChI is InChI=1S/C18H30O4/c1-5-8-15-19-16-11-9-10-12-17(16)22-18(4,20-13-6-2)21-14-7-3/h9-12H,5-8,13-15H2,1-4H3. The molecule has 1 rings (SSSR count). The van der Waals surface area contributed by atoms with Crippen molar-refractivity contribution >= 4 is 0 Å². The van der Waals surface area contributed by atoms with Crippen LogP contribution in [0.1, 0.15) is 53.4 Å². The third-order valence-corrected chi connectivity index (χ3v) is 3.04. The van der Waals surface area contributed by atoms with Crippen LogP contribution in [0.2, 0.25) is 0 Å². The van der Waals surface area contributed by atoms with E-state index >= 15 is 0 Å². The molecule has 0 saturated carbocycles. The molecular weight excluding hydrogens is 280 g/mol. The Morgan fingerprint density at radius 2 is 1.41 bits per heavy atom. The van der Waals surface area contributed by atoms with E-state index in [0.717, 1.165) is 31.4 Å². The normalized spacial score (nSPS) is 11.5. The fraction of sp³-hybridized carbons (Fsp3) is 0.667. The summed E-state index contributed by atoms with van der Waals surface area (Å²) >= 11 is 0. The van der Waals surface area contributed by atoms with Gasteiger partial charge in [-0.05, 0) is 31.4 Å². The Bertz CT molecular complexity index is 398. The number of para-hydroxylation sites is 2. The van der Waals surface area contributed by atoms with Crippen molar-refractivity contribution in [3.05, 3.63) is 24.3 Å². The number of hydrogen-bond acceptors (Lipinski definition) is 4. The third kappa shape index (κ3) is 6.67. The lowest BCUT2D eigenvalue weighted by Crippen LogP contribution is -2.39. The van der Waals surface area contributed by atoms with E-state index in [2.05, 4.69) is 20.8 Å². The van der Waals surface area contributed by atoms with Crippen molar-refractivity contribution in [2.45, 2.75) is 59.4 Å². The second-order valence-electron chi connectivity index (χ2n) is 5.31. The van der Waals surface area contributed by atoms with Crippen LogP contribution in [0.5, 0.6) is 11.5 Å². The predicted octanol–water partition coefficient (Wildman–Crippen LogP) is 4.77. The van der Waals surface area contributed by atoms with Gasteiger partial charge in [0.1, 0.15) is 0 Å². The van der Waals surface area contributed by atoms with Crippen molar-refractivity contribution in [3.63, 3.8) is 0 Å². The van der Waals surface area contributed by atoms with Gasteiger partial charge < -0.3 is 18.9 Å². The van der Waals surface area contributed by atoms with Crippen LogP contribution in [0.25, 0.3) is 0 Å². The number of benzene rings is 1. The van der Waals surface area contributed by atoms with Gasteiger partial charge >= 0.3 is 5.97 Å². The summed E-state index contributed by atoms with van der Waals surface area (Å²) in [6.07, 6.45) is 3.93. The molecule has 0 aliphatic carbocycles. The second-order valence-corrected chi connectivity index (χ2v) is 5.31. The molecule has 0 amide bonds. The zero-order chi connectivity index (χ0) is 16.3. The molecule has 0 N–H and O–H groups in total. The van der Waals surface area contributed by atoms with Crippen LogP contribution in [0.4, 0.5) is 0 Å². The van der Waals surface area contributed by atoms with Gasteiger partial charge in [-0.15, -0.1) is 0 Å². The second kappa shape index (κ2) is 10.5. The molecule has 22 heavy (non-hydrogen) atoms. The number of rotatable bonds is 12. The van der Waals surface area contributed by atoms with Gasteiger partial charge in [-0.1, -0.05) is 39.3 Å². The molecule has 0 saturated heterocycles. The first-order valence-corrected chi connectivity index (χ1v) is 8.34. The van der Waals surface area contributed by atoms with Gasteiger partial charge in [0, 0.05) is 6.92 Å². The minimum atomic E-state index is -1.09. The molecule has 4 heteroatoms. The molecule has 0 atom stereocenters. The predicted molar refractivity (Wildman–Crippen MR) is 88.4 cm³/mol. The quantitative estimate of drug-likeness (QED) is 0.411. The van der Waals surface area contributed by atoms with Crippen molar-refractivity contribution in [3.8, 4) is 11.5 Å². The van der Waals surface area contributed by atoms with E-state index in [1.54, 1.807) is 6.92 Å². The van der Waals surface area contributed by atoms with E-state index < -0.39 is 5.97 Å². The topological polar surface area (TPSA) is 36.9 Å². The molecule has 0 aliphatic rings. The lowest BCUT2D eigenvalue weighted by molar-refractivity contribution is -0.332. The van der Waals surface area contributed by atoms with Gasteiger partial charge in [0.2, 0.25) is 0 Å². The molecule has 1 aromatic carbocycles. The average Bonchev–Trinajstić information content (AvgIpc) is 2.53. The molecule has 0 aliphatic heterocycles. The summed E-state index contributed by atoms with van der Waals surface area (Å²) in [5.74, 6) is 0.284. The van der Waals surface area contributed by atoms with E-state index in [-0.39, 0.29) is 0 Å².